The van der Waals surface area contributed by atoms with Crippen LogP contribution in [0.2, 0.25) is 0 Å². The van der Waals surface area contributed by atoms with E-state index in [2.05, 4.69) is 10.0 Å². The van der Waals surface area contributed by atoms with Crippen LogP contribution in [0, 0.1) is 6.92 Å². The van der Waals surface area contributed by atoms with Crippen molar-refractivity contribution in [2.75, 3.05) is 0 Å². The quantitative estimate of drug-likeness (QED) is 0.298. The first-order valence-electron chi connectivity index (χ1n) is 6.28. The Hall–Kier alpha value is -3.04. The number of phenols is 1. The normalized spacial score (nSPS) is 10.8. The smallest absolute Gasteiger partial charge is 0.199 e. The van der Waals surface area contributed by atoms with Crippen LogP contribution in [0.5, 0.6) is 5.75 Å². The molecule has 0 unspecified atom stereocenters. The lowest BCUT2D eigenvalue weighted by atomic mass is 10.0. The highest BCUT2D eigenvalue weighted by molar-refractivity contribution is 6.12. The van der Waals surface area contributed by atoms with Crippen molar-refractivity contribution < 1.29 is 9.90 Å². The second kappa shape index (κ2) is 6.41. The first-order chi connectivity index (χ1) is 10.1. The van der Waals surface area contributed by atoms with Gasteiger partial charge in [-0.15, -0.1) is 0 Å². The minimum absolute atomic E-state index is 0.0652. The number of allylic oxidation sites excluding steroid dienone is 1. The average Bonchev–Trinajstić information content (AvgIpc) is 2.49. The number of ketones is 1. The number of benzene rings is 2. The minimum atomic E-state index is -0.516. The lowest BCUT2D eigenvalue weighted by Gasteiger charge is -2.05. The number of azide groups is 1. The molecular formula is C16H13N3O2. The van der Waals surface area contributed by atoms with Gasteiger partial charge in [-0.25, -0.2) is 0 Å². The molecule has 0 heterocycles. The van der Waals surface area contributed by atoms with Gasteiger partial charge in [-0.3, -0.25) is 4.79 Å². The molecule has 0 radical (unpaired) electrons. The van der Waals surface area contributed by atoms with Crippen molar-refractivity contribution in [2.45, 2.75) is 6.92 Å². The summed E-state index contributed by atoms with van der Waals surface area (Å²) in [6.45, 7) is 1.81. The zero-order valence-corrected chi connectivity index (χ0v) is 11.4. The van der Waals surface area contributed by atoms with E-state index in [1.807, 2.05) is 25.1 Å². The molecule has 0 saturated carbocycles. The van der Waals surface area contributed by atoms with Gasteiger partial charge in [0.1, 0.15) is 5.75 Å². The number of aromatic hydroxyl groups is 1. The maximum absolute atomic E-state index is 12.4. The van der Waals surface area contributed by atoms with E-state index >= 15 is 0 Å². The van der Waals surface area contributed by atoms with Gasteiger partial charge in [0.25, 0.3) is 0 Å². The fourth-order valence-electron chi connectivity index (χ4n) is 1.86. The molecule has 0 atom stereocenters. The van der Waals surface area contributed by atoms with Gasteiger partial charge in [0.05, 0.1) is 11.3 Å². The molecule has 0 saturated heterocycles. The van der Waals surface area contributed by atoms with Crippen LogP contribution in [-0.2, 0) is 0 Å². The summed E-state index contributed by atoms with van der Waals surface area (Å²) in [6.07, 6.45) is 1.49. The predicted molar refractivity (Wildman–Crippen MR) is 80.7 cm³/mol. The Morgan fingerprint density at radius 3 is 2.62 bits per heavy atom. The Morgan fingerprint density at radius 2 is 1.95 bits per heavy atom. The van der Waals surface area contributed by atoms with Crippen molar-refractivity contribution in [1.29, 1.82) is 0 Å². The second-order valence-electron chi connectivity index (χ2n) is 4.48. The summed E-state index contributed by atoms with van der Waals surface area (Å²) in [5.41, 5.74) is 10.3. The molecule has 0 amide bonds. The summed E-state index contributed by atoms with van der Waals surface area (Å²) in [5.74, 6) is -0.657. The molecule has 0 aliphatic carbocycles. The molecular weight excluding hydrogens is 266 g/mol. The molecule has 2 aromatic rings. The third-order valence-electron chi connectivity index (χ3n) is 2.88. The van der Waals surface area contributed by atoms with Crippen LogP contribution in [0.15, 0.2) is 59.3 Å². The first-order valence-corrected chi connectivity index (χ1v) is 6.28. The molecule has 2 rings (SSSR count). The van der Waals surface area contributed by atoms with E-state index in [0.29, 0.717) is 0 Å². The Bertz CT molecular complexity index is 745. The fraction of sp³-hybridized carbons (Fsp3) is 0.0625. The third-order valence-corrected chi connectivity index (χ3v) is 2.88. The largest absolute Gasteiger partial charge is 0.507 e. The molecule has 0 aliphatic rings. The lowest BCUT2D eigenvalue weighted by Crippen LogP contribution is -2.02. The summed E-state index contributed by atoms with van der Waals surface area (Å²) >= 11 is 0. The number of carbonyl (C=O) groups excluding carboxylic acids is 1. The Kier molecular flexibility index (Phi) is 4.39. The van der Waals surface area contributed by atoms with E-state index in [1.165, 1.54) is 12.1 Å². The number of rotatable bonds is 4. The molecule has 0 aromatic heterocycles. The number of carbonyl (C=O) groups is 1. The highest BCUT2D eigenvalue weighted by atomic mass is 16.3. The van der Waals surface area contributed by atoms with Crippen LogP contribution in [-0.4, -0.2) is 10.9 Å². The van der Waals surface area contributed by atoms with Gasteiger partial charge in [-0.1, -0.05) is 47.1 Å². The zero-order valence-electron chi connectivity index (χ0n) is 11.4. The van der Waals surface area contributed by atoms with Gasteiger partial charge < -0.3 is 5.11 Å². The number of hydrogen-bond acceptors (Lipinski definition) is 3. The molecule has 21 heavy (non-hydrogen) atoms. The zero-order chi connectivity index (χ0) is 15.2. The number of aryl methyl sites for hydroxylation is 1. The van der Waals surface area contributed by atoms with Gasteiger partial charge >= 0.3 is 0 Å². The Labute approximate surface area is 121 Å². The van der Waals surface area contributed by atoms with Gasteiger partial charge in [0.2, 0.25) is 0 Å². The van der Waals surface area contributed by atoms with E-state index in [0.717, 1.165) is 11.1 Å². The number of nitrogens with zero attached hydrogens (tertiary/aromatic N) is 3. The average molecular weight is 279 g/mol. The first kappa shape index (κ1) is 14.4. The molecule has 2 aromatic carbocycles. The van der Waals surface area contributed by atoms with E-state index in [1.54, 1.807) is 24.3 Å². The van der Waals surface area contributed by atoms with Crippen molar-refractivity contribution in [3.63, 3.8) is 0 Å². The van der Waals surface area contributed by atoms with Crippen LogP contribution in [0.4, 0.5) is 0 Å². The SMILES string of the molecule is Cc1ccc(O)c(C(=O)/C(=C/c2ccccc2)N=[N+]=[N-])c1. The van der Waals surface area contributed by atoms with Crippen LogP contribution in [0.25, 0.3) is 16.5 Å². The molecule has 5 nitrogen and oxygen atoms in total. The number of Topliss-reactive ketones (excluding diaryl/α,β-unsaturated/α-hetero) is 1. The standard InChI is InChI=1S/C16H13N3O2/c1-11-7-8-15(20)13(9-11)16(21)14(18-19-17)10-12-5-3-2-4-6-12/h2-10,20H,1H3/b14-10-. The van der Waals surface area contributed by atoms with Gasteiger partial charge in [-0.05, 0) is 36.2 Å². The fourth-order valence-corrected chi connectivity index (χ4v) is 1.86. The summed E-state index contributed by atoms with van der Waals surface area (Å²) in [4.78, 5) is 15.1. The summed E-state index contributed by atoms with van der Waals surface area (Å²) < 4.78 is 0. The minimum Gasteiger partial charge on any atom is -0.507 e. The van der Waals surface area contributed by atoms with Crippen molar-refractivity contribution in [3.05, 3.63) is 81.4 Å². The van der Waals surface area contributed by atoms with Gasteiger partial charge in [0, 0.05) is 4.91 Å². The van der Waals surface area contributed by atoms with E-state index in [4.69, 9.17) is 5.53 Å². The van der Waals surface area contributed by atoms with Crippen LogP contribution >= 0.6 is 0 Å². The third kappa shape index (κ3) is 3.49. The van der Waals surface area contributed by atoms with Crippen molar-refractivity contribution in [3.8, 4) is 5.75 Å². The maximum atomic E-state index is 12.4. The summed E-state index contributed by atoms with van der Waals surface area (Å²) in [6, 6.07) is 13.7. The van der Waals surface area contributed by atoms with E-state index in [-0.39, 0.29) is 17.0 Å². The molecule has 0 fully saturated rings. The van der Waals surface area contributed by atoms with Gasteiger partial charge in [-0.2, -0.15) is 0 Å². The number of phenolic OH excluding ortho intramolecular Hbond substituents is 1. The molecule has 0 spiro atoms. The summed E-state index contributed by atoms with van der Waals surface area (Å²) in [5, 5.41) is 13.3. The molecule has 5 heteroatoms. The van der Waals surface area contributed by atoms with Crippen molar-refractivity contribution >= 4 is 11.9 Å². The van der Waals surface area contributed by atoms with Crippen LogP contribution in [0.3, 0.4) is 0 Å². The maximum Gasteiger partial charge on any atom is 0.199 e. The predicted octanol–water partition coefficient (Wildman–Crippen LogP) is 4.23. The molecule has 0 bridgehead atoms. The van der Waals surface area contributed by atoms with Crippen molar-refractivity contribution in [1.82, 2.24) is 0 Å². The van der Waals surface area contributed by atoms with Crippen molar-refractivity contribution in [2.24, 2.45) is 5.11 Å². The molecule has 1 N–H and O–H groups in total. The highest BCUT2D eigenvalue weighted by Crippen LogP contribution is 2.23. The Balaban J connectivity index is 2.48. The summed E-state index contributed by atoms with van der Waals surface area (Å²) in [7, 11) is 0. The Morgan fingerprint density at radius 1 is 1.24 bits per heavy atom. The second-order valence-corrected chi connectivity index (χ2v) is 4.48. The van der Waals surface area contributed by atoms with Crippen LogP contribution < -0.4 is 0 Å². The molecule has 0 aliphatic heterocycles. The van der Waals surface area contributed by atoms with E-state index in [9.17, 15) is 9.90 Å². The van der Waals surface area contributed by atoms with Crippen LogP contribution in [0.1, 0.15) is 21.5 Å². The topological polar surface area (TPSA) is 86.1 Å². The highest BCUT2D eigenvalue weighted by Gasteiger charge is 2.15. The monoisotopic (exact) mass is 279 g/mol. The number of hydrogen-bond donors (Lipinski definition) is 1. The molecule has 104 valence electrons. The van der Waals surface area contributed by atoms with Gasteiger partial charge in [0.15, 0.2) is 5.78 Å². The van der Waals surface area contributed by atoms with E-state index < -0.39 is 5.78 Å². The lowest BCUT2D eigenvalue weighted by molar-refractivity contribution is 0.103.